The minimum atomic E-state index is -0.403. The molecule has 14 heavy (non-hydrogen) atoms. The molecule has 1 heterocycles. The van der Waals surface area contributed by atoms with Crippen molar-refractivity contribution in [2.75, 3.05) is 5.84 Å². The summed E-state index contributed by atoms with van der Waals surface area (Å²) in [4.78, 5) is 23.6. The Bertz CT molecular complexity index is 609. The molecule has 5 nitrogen and oxygen atoms in total. The lowest BCUT2D eigenvalue weighted by Crippen LogP contribution is -2.35. The van der Waals surface area contributed by atoms with Crippen LogP contribution in [0.15, 0.2) is 27.8 Å². The number of nitrogens with two attached hydrogens (primary N) is 1. The fourth-order valence-electron chi connectivity index (χ4n) is 1.38. The average Bonchev–Trinajstić information content (AvgIpc) is 2.14. The predicted molar refractivity (Wildman–Crippen MR) is 53.7 cm³/mol. The molecular weight excluding hydrogens is 182 g/mol. The lowest BCUT2D eigenvalue weighted by atomic mass is 10.1. The molecule has 0 bridgehead atoms. The highest BCUT2D eigenvalue weighted by molar-refractivity contribution is 5.81. The van der Waals surface area contributed by atoms with E-state index < -0.39 is 5.56 Å². The van der Waals surface area contributed by atoms with E-state index in [1.165, 1.54) is 0 Å². The summed E-state index contributed by atoms with van der Waals surface area (Å²) < 4.78 is 0. The Balaban J connectivity index is 3.10. The first-order valence-electron chi connectivity index (χ1n) is 4.10. The van der Waals surface area contributed by atoms with Crippen molar-refractivity contribution < 1.29 is 0 Å². The molecule has 0 saturated heterocycles. The van der Waals surface area contributed by atoms with Crippen molar-refractivity contribution in [2.45, 2.75) is 6.92 Å². The summed E-state index contributed by atoms with van der Waals surface area (Å²) in [7, 11) is 0. The third kappa shape index (κ3) is 1.10. The van der Waals surface area contributed by atoms with Gasteiger partial charge in [0.2, 0.25) is 0 Å². The second kappa shape index (κ2) is 2.73. The van der Waals surface area contributed by atoms with E-state index in [2.05, 4.69) is 5.10 Å². The molecule has 2 rings (SSSR count). The number of nitrogens with zero attached hydrogens (tertiary/aromatic N) is 1. The number of aryl methyl sites for hydroxylation is 1. The van der Waals surface area contributed by atoms with E-state index in [9.17, 15) is 9.59 Å². The Morgan fingerprint density at radius 2 is 2.00 bits per heavy atom. The smallest absolute Gasteiger partial charge is 0.292 e. The van der Waals surface area contributed by atoms with Crippen LogP contribution in [0.5, 0.6) is 0 Å². The van der Waals surface area contributed by atoms with E-state index in [1.54, 1.807) is 18.2 Å². The standard InChI is InChI=1S/C9H9N3O2/c1-5-2-3-6-7(4-5)8(13)11-12(10)9(6)14/h2-4H,10H2,1H3,(H,11,13). The second-order valence-corrected chi connectivity index (χ2v) is 3.17. The van der Waals surface area contributed by atoms with Crippen LogP contribution >= 0.6 is 0 Å². The Morgan fingerprint density at radius 1 is 1.29 bits per heavy atom. The number of hydrogen-bond acceptors (Lipinski definition) is 3. The van der Waals surface area contributed by atoms with Crippen LogP contribution in [0.2, 0.25) is 0 Å². The highest BCUT2D eigenvalue weighted by atomic mass is 16.2. The number of aromatic amines is 1. The largest absolute Gasteiger partial charge is 0.321 e. The molecule has 1 aromatic heterocycles. The van der Waals surface area contributed by atoms with Crippen LogP contribution in [0.4, 0.5) is 0 Å². The molecule has 0 amide bonds. The van der Waals surface area contributed by atoms with Crippen molar-refractivity contribution in [3.63, 3.8) is 0 Å². The van der Waals surface area contributed by atoms with Gasteiger partial charge >= 0.3 is 0 Å². The molecule has 0 radical (unpaired) electrons. The van der Waals surface area contributed by atoms with E-state index in [-0.39, 0.29) is 5.56 Å². The number of aromatic nitrogens is 2. The van der Waals surface area contributed by atoms with E-state index in [0.717, 1.165) is 5.56 Å². The van der Waals surface area contributed by atoms with Crippen LogP contribution in [-0.4, -0.2) is 9.89 Å². The van der Waals surface area contributed by atoms with Gasteiger partial charge in [0, 0.05) is 0 Å². The lowest BCUT2D eigenvalue weighted by molar-refractivity contribution is 0.759. The molecule has 5 heteroatoms. The van der Waals surface area contributed by atoms with Gasteiger partial charge < -0.3 is 5.84 Å². The molecule has 0 aliphatic rings. The van der Waals surface area contributed by atoms with Gasteiger partial charge in [-0.3, -0.25) is 9.59 Å². The van der Waals surface area contributed by atoms with Gasteiger partial charge in [-0.15, -0.1) is 0 Å². The van der Waals surface area contributed by atoms with E-state index in [4.69, 9.17) is 5.84 Å². The first-order chi connectivity index (χ1) is 6.59. The fourth-order valence-corrected chi connectivity index (χ4v) is 1.38. The molecule has 72 valence electrons. The summed E-state index contributed by atoms with van der Waals surface area (Å²) >= 11 is 0. The van der Waals surface area contributed by atoms with Crippen LogP contribution in [0.1, 0.15) is 5.56 Å². The Labute approximate surface area is 78.7 Å². The topological polar surface area (TPSA) is 80.9 Å². The number of nitrogen functional groups attached to an aromatic ring is 1. The van der Waals surface area contributed by atoms with Crippen LogP contribution in [0.3, 0.4) is 0 Å². The molecule has 1 aromatic carbocycles. The first kappa shape index (κ1) is 8.55. The summed E-state index contributed by atoms with van der Waals surface area (Å²) in [5, 5.41) is 2.94. The van der Waals surface area contributed by atoms with Crippen molar-refractivity contribution >= 4 is 10.8 Å². The summed E-state index contributed by atoms with van der Waals surface area (Å²) in [6.45, 7) is 1.85. The molecular formula is C9H9N3O2. The molecule has 0 aliphatic carbocycles. The number of H-pyrrole nitrogens is 1. The van der Waals surface area contributed by atoms with Crippen LogP contribution < -0.4 is 17.0 Å². The molecule has 0 saturated carbocycles. The SMILES string of the molecule is Cc1ccc2c(=O)n(N)[nH]c(=O)c2c1. The van der Waals surface area contributed by atoms with Crippen molar-refractivity contribution in [1.82, 2.24) is 9.89 Å². The van der Waals surface area contributed by atoms with E-state index in [0.29, 0.717) is 15.6 Å². The number of nitrogens with one attached hydrogen (secondary N) is 1. The van der Waals surface area contributed by atoms with Gasteiger partial charge in [0.25, 0.3) is 11.1 Å². The lowest BCUT2D eigenvalue weighted by Gasteiger charge is -2.00. The van der Waals surface area contributed by atoms with Gasteiger partial charge in [0.1, 0.15) is 0 Å². The molecule has 0 aliphatic heterocycles. The zero-order chi connectivity index (χ0) is 10.3. The van der Waals surface area contributed by atoms with Gasteiger partial charge in [-0.05, 0) is 19.1 Å². The molecule has 0 fully saturated rings. The monoisotopic (exact) mass is 191 g/mol. The van der Waals surface area contributed by atoms with Crippen molar-refractivity contribution in [2.24, 2.45) is 0 Å². The second-order valence-electron chi connectivity index (χ2n) is 3.17. The number of rotatable bonds is 0. The zero-order valence-electron chi connectivity index (χ0n) is 7.57. The molecule has 0 atom stereocenters. The maximum absolute atomic E-state index is 11.5. The van der Waals surface area contributed by atoms with E-state index >= 15 is 0 Å². The maximum atomic E-state index is 11.5. The number of hydrogen-bond donors (Lipinski definition) is 2. The Kier molecular flexibility index (Phi) is 1.67. The minimum absolute atomic E-state index is 0.335. The van der Waals surface area contributed by atoms with Gasteiger partial charge in [0.05, 0.1) is 10.8 Å². The summed E-state index contributed by atoms with van der Waals surface area (Å²) in [5.41, 5.74) is 0.169. The fraction of sp³-hybridized carbons (Fsp3) is 0.111. The molecule has 3 N–H and O–H groups in total. The minimum Gasteiger partial charge on any atom is -0.321 e. The van der Waals surface area contributed by atoms with Crippen LogP contribution in [0.25, 0.3) is 10.8 Å². The van der Waals surface area contributed by atoms with Crippen molar-refractivity contribution in [3.05, 3.63) is 44.5 Å². The van der Waals surface area contributed by atoms with Crippen LogP contribution in [0, 0.1) is 6.92 Å². The molecule has 0 unspecified atom stereocenters. The van der Waals surface area contributed by atoms with Gasteiger partial charge in [-0.1, -0.05) is 11.6 Å². The normalized spacial score (nSPS) is 10.6. The summed E-state index contributed by atoms with van der Waals surface area (Å²) in [6.07, 6.45) is 0. The van der Waals surface area contributed by atoms with Gasteiger partial charge in [-0.2, -0.15) is 4.79 Å². The van der Waals surface area contributed by atoms with Gasteiger partial charge in [-0.25, -0.2) is 5.10 Å². The average molecular weight is 191 g/mol. The third-order valence-electron chi connectivity index (χ3n) is 2.09. The van der Waals surface area contributed by atoms with E-state index in [1.807, 2.05) is 6.92 Å². The van der Waals surface area contributed by atoms with Crippen LogP contribution in [-0.2, 0) is 0 Å². The number of benzene rings is 1. The highest BCUT2D eigenvalue weighted by Crippen LogP contribution is 2.06. The van der Waals surface area contributed by atoms with Crippen molar-refractivity contribution in [1.29, 1.82) is 0 Å². The number of fused-ring (bicyclic) bond motifs is 1. The summed E-state index contributed by atoms with van der Waals surface area (Å²) in [5.74, 6) is 5.27. The summed E-state index contributed by atoms with van der Waals surface area (Å²) in [6, 6.07) is 5.03. The zero-order valence-corrected chi connectivity index (χ0v) is 7.57. The van der Waals surface area contributed by atoms with Gasteiger partial charge in [0.15, 0.2) is 0 Å². The molecule has 2 aromatic rings. The first-order valence-corrected chi connectivity index (χ1v) is 4.10. The quantitative estimate of drug-likeness (QED) is 0.561. The molecule has 0 spiro atoms. The highest BCUT2D eigenvalue weighted by Gasteiger charge is 2.04. The predicted octanol–water partition coefficient (Wildman–Crippen LogP) is -0.288. The van der Waals surface area contributed by atoms with Crippen molar-refractivity contribution in [3.8, 4) is 0 Å². The Morgan fingerprint density at radius 3 is 2.71 bits per heavy atom. The maximum Gasteiger partial charge on any atom is 0.292 e. The third-order valence-corrected chi connectivity index (χ3v) is 2.09. The Hall–Kier alpha value is -2.04.